The van der Waals surface area contributed by atoms with Crippen molar-refractivity contribution in [3.8, 4) is 11.8 Å². The normalized spacial score (nSPS) is 15.1. The molecule has 0 bridgehead atoms. The van der Waals surface area contributed by atoms with Crippen molar-refractivity contribution in [1.82, 2.24) is 15.3 Å². The predicted octanol–water partition coefficient (Wildman–Crippen LogP) is 4.14. The van der Waals surface area contributed by atoms with Crippen molar-refractivity contribution in [2.45, 2.75) is 18.7 Å². The Labute approximate surface area is 223 Å². The molecule has 0 unspecified atom stereocenters. The van der Waals surface area contributed by atoms with Gasteiger partial charge in [0.25, 0.3) is 0 Å². The second-order valence-electron chi connectivity index (χ2n) is 8.67. The van der Waals surface area contributed by atoms with Gasteiger partial charge >= 0.3 is 0 Å². The van der Waals surface area contributed by atoms with Crippen LogP contribution in [0, 0.1) is 16.7 Å². The number of rotatable bonds is 7. The van der Waals surface area contributed by atoms with Crippen LogP contribution in [0.15, 0.2) is 36.8 Å². The highest BCUT2D eigenvalue weighted by Crippen LogP contribution is 2.36. The lowest BCUT2D eigenvalue weighted by Crippen LogP contribution is -2.67. The number of nitrogens with one attached hydrogen (secondary N) is 2. The zero-order valence-electron chi connectivity index (χ0n) is 19.4. The summed E-state index contributed by atoms with van der Waals surface area (Å²) in [4.78, 5) is 10.4. The van der Waals surface area contributed by atoms with Crippen LogP contribution in [0.4, 0.5) is 11.5 Å². The van der Waals surface area contributed by atoms with Crippen LogP contribution in [0.2, 0.25) is 15.1 Å². The third-order valence-corrected chi connectivity index (χ3v) is 6.96. The lowest BCUT2D eigenvalue weighted by molar-refractivity contribution is 0.214. The lowest BCUT2D eigenvalue weighted by Gasteiger charge is -2.48. The molecule has 1 aromatic carbocycles. The summed E-state index contributed by atoms with van der Waals surface area (Å²) < 4.78 is 5.84. The van der Waals surface area contributed by atoms with Gasteiger partial charge < -0.3 is 20.7 Å². The average molecular weight is 546 g/mol. The molecule has 1 aliphatic rings. The number of anilines is 2. The van der Waals surface area contributed by atoms with Gasteiger partial charge in [-0.2, -0.15) is 5.26 Å². The van der Waals surface area contributed by atoms with Gasteiger partial charge in [-0.05, 0) is 32.2 Å². The van der Waals surface area contributed by atoms with E-state index in [0.29, 0.717) is 28.1 Å². The van der Waals surface area contributed by atoms with Crippen molar-refractivity contribution in [3.05, 3.63) is 74.1 Å². The zero-order valence-corrected chi connectivity index (χ0v) is 21.7. The zero-order chi connectivity index (χ0) is 26.2. The minimum atomic E-state index is -1.05. The standard InChI is InChI=1S/C24H23Cl3N8O/c1-24(32-2)10-35(11-24)23-12(6-28)3-13(7-34-23)21(30)14-4-19(15(25)5-18(14)29)36-22(31)20-16(26)8-33-9-17(20)27/h3-5,7-9,22,30,32H,10-11,29,31H2,1-2H3/t22-/m0/s1. The number of hydrogen-bond acceptors (Lipinski definition) is 9. The molecule has 3 aromatic rings. The molecule has 0 amide bonds. The molecule has 1 aliphatic heterocycles. The van der Waals surface area contributed by atoms with Crippen LogP contribution in [0.25, 0.3) is 0 Å². The molecule has 1 saturated heterocycles. The highest BCUT2D eigenvalue weighted by Gasteiger charge is 2.39. The predicted molar refractivity (Wildman–Crippen MR) is 142 cm³/mol. The fourth-order valence-electron chi connectivity index (χ4n) is 3.95. The molecule has 186 valence electrons. The number of ether oxygens (including phenoxy) is 1. The highest BCUT2D eigenvalue weighted by molar-refractivity contribution is 6.36. The molecule has 36 heavy (non-hydrogen) atoms. The number of halogens is 3. The number of nitriles is 1. The van der Waals surface area contributed by atoms with Crippen molar-refractivity contribution in [2.75, 3.05) is 30.8 Å². The summed E-state index contributed by atoms with van der Waals surface area (Å²) in [7, 11) is 1.90. The summed E-state index contributed by atoms with van der Waals surface area (Å²) in [5, 5.41) is 22.4. The fourth-order valence-corrected chi connectivity index (χ4v) is 4.75. The highest BCUT2D eigenvalue weighted by atomic mass is 35.5. The van der Waals surface area contributed by atoms with Gasteiger partial charge in [0.2, 0.25) is 0 Å². The van der Waals surface area contributed by atoms with Gasteiger partial charge in [-0.25, -0.2) is 4.98 Å². The van der Waals surface area contributed by atoms with Crippen molar-refractivity contribution < 1.29 is 4.74 Å². The average Bonchev–Trinajstić information content (AvgIpc) is 2.82. The summed E-state index contributed by atoms with van der Waals surface area (Å²) >= 11 is 18.7. The topological polar surface area (TPSA) is 150 Å². The van der Waals surface area contributed by atoms with Gasteiger partial charge in [-0.3, -0.25) is 16.1 Å². The molecule has 0 radical (unpaired) electrons. The van der Waals surface area contributed by atoms with Crippen LogP contribution in [0.1, 0.15) is 35.4 Å². The van der Waals surface area contributed by atoms with E-state index in [1.165, 1.54) is 24.5 Å². The van der Waals surface area contributed by atoms with Gasteiger partial charge in [-0.1, -0.05) is 34.8 Å². The van der Waals surface area contributed by atoms with E-state index < -0.39 is 6.23 Å². The Bertz CT molecular complexity index is 1360. The van der Waals surface area contributed by atoms with Crippen LogP contribution in [0.3, 0.4) is 0 Å². The Kier molecular flexibility index (Phi) is 7.27. The summed E-state index contributed by atoms with van der Waals surface area (Å²) in [5.41, 5.74) is 14.1. The largest absolute Gasteiger partial charge is 0.470 e. The van der Waals surface area contributed by atoms with E-state index in [0.717, 1.165) is 13.1 Å². The first-order valence-electron chi connectivity index (χ1n) is 10.8. The number of nitrogens with zero attached hydrogens (tertiary/aromatic N) is 4. The molecule has 4 rings (SSSR count). The Morgan fingerprint density at radius 3 is 2.47 bits per heavy atom. The van der Waals surface area contributed by atoms with Gasteiger partial charge in [-0.15, -0.1) is 0 Å². The number of likely N-dealkylation sites (N-methyl/N-ethyl adjacent to an activating group) is 1. The van der Waals surface area contributed by atoms with Crippen LogP contribution >= 0.6 is 34.8 Å². The molecule has 6 N–H and O–H groups in total. The monoisotopic (exact) mass is 544 g/mol. The van der Waals surface area contributed by atoms with Crippen molar-refractivity contribution in [3.63, 3.8) is 0 Å². The van der Waals surface area contributed by atoms with Crippen LogP contribution in [-0.2, 0) is 0 Å². The number of nitrogen functional groups attached to an aromatic ring is 1. The van der Waals surface area contributed by atoms with E-state index >= 15 is 0 Å². The molecular formula is C24H23Cl3N8O. The third kappa shape index (κ3) is 4.91. The maximum Gasteiger partial charge on any atom is 0.177 e. The second kappa shape index (κ2) is 10.1. The molecule has 9 nitrogen and oxygen atoms in total. The van der Waals surface area contributed by atoms with E-state index in [4.69, 9.17) is 56.4 Å². The third-order valence-electron chi connectivity index (χ3n) is 6.06. The molecule has 1 fully saturated rings. The van der Waals surface area contributed by atoms with Crippen LogP contribution in [-0.4, -0.2) is 41.4 Å². The Hall–Kier alpha value is -3.13. The number of pyridine rings is 2. The minimum absolute atomic E-state index is 0.0283. The van der Waals surface area contributed by atoms with Gasteiger partial charge in [0.1, 0.15) is 17.6 Å². The van der Waals surface area contributed by atoms with Crippen molar-refractivity contribution in [1.29, 1.82) is 10.7 Å². The number of hydrogen-bond donors (Lipinski definition) is 4. The molecule has 1 atom stereocenters. The molecule has 2 aromatic heterocycles. The number of aromatic nitrogens is 2. The number of benzene rings is 1. The molecule has 0 spiro atoms. The first kappa shape index (κ1) is 25.9. The van der Waals surface area contributed by atoms with E-state index in [1.807, 2.05) is 11.9 Å². The van der Waals surface area contributed by atoms with Gasteiger partial charge in [0, 0.05) is 54.1 Å². The van der Waals surface area contributed by atoms with E-state index in [9.17, 15) is 5.26 Å². The SMILES string of the molecule is CNC1(C)CN(c2ncc(C(=N)c3cc(O[C@H](N)c4c(Cl)cncc4Cl)c(Cl)cc3N)cc2C#N)C1. The maximum absolute atomic E-state index is 9.73. The molecule has 0 saturated carbocycles. The minimum Gasteiger partial charge on any atom is -0.470 e. The summed E-state index contributed by atoms with van der Waals surface area (Å²) in [6.45, 7) is 3.54. The second-order valence-corrected chi connectivity index (χ2v) is 9.90. The maximum atomic E-state index is 9.73. The van der Waals surface area contributed by atoms with Crippen LogP contribution < -0.4 is 26.4 Å². The van der Waals surface area contributed by atoms with Crippen molar-refractivity contribution in [2.24, 2.45) is 5.73 Å². The van der Waals surface area contributed by atoms with Gasteiger partial charge in [0.15, 0.2) is 6.23 Å². The van der Waals surface area contributed by atoms with Gasteiger partial charge in [0.05, 0.1) is 31.9 Å². The summed E-state index contributed by atoms with van der Waals surface area (Å²) in [5.74, 6) is 0.756. The van der Waals surface area contributed by atoms with Crippen molar-refractivity contribution >= 4 is 52.0 Å². The number of nitrogens with two attached hydrogens (primary N) is 2. The fraction of sp³-hybridized carbons (Fsp3) is 0.250. The Morgan fingerprint density at radius 2 is 1.86 bits per heavy atom. The molecular weight excluding hydrogens is 523 g/mol. The smallest absolute Gasteiger partial charge is 0.177 e. The lowest BCUT2D eigenvalue weighted by atomic mass is 9.92. The molecule has 12 heteroatoms. The van der Waals surface area contributed by atoms with Crippen LogP contribution in [0.5, 0.6) is 5.75 Å². The van der Waals surface area contributed by atoms with E-state index in [1.54, 1.807) is 12.3 Å². The van der Waals surface area contributed by atoms with E-state index in [-0.39, 0.29) is 37.8 Å². The first-order chi connectivity index (χ1) is 17.1. The molecule has 0 aliphatic carbocycles. The summed E-state index contributed by atoms with van der Waals surface area (Å²) in [6, 6.07) is 6.78. The first-order valence-corrected chi connectivity index (χ1v) is 11.9. The molecule has 3 heterocycles. The quantitative estimate of drug-likeness (QED) is 0.196. The Morgan fingerprint density at radius 1 is 1.19 bits per heavy atom. The summed E-state index contributed by atoms with van der Waals surface area (Å²) in [6.07, 6.45) is 3.30. The Balaban J connectivity index is 1.62. The van der Waals surface area contributed by atoms with E-state index in [2.05, 4.69) is 28.3 Å².